The van der Waals surface area contributed by atoms with Gasteiger partial charge in [0.25, 0.3) is 0 Å². The molecular weight excluding hydrogens is 234 g/mol. The van der Waals surface area contributed by atoms with Gasteiger partial charge in [-0.1, -0.05) is 11.6 Å². The van der Waals surface area contributed by atoms with Crippen molar-refractivity contribution in [2.24, 2.45) is 11.8 Å². The lowest BCUT2D eigenvalue weighted by Gasteiger charge is -2.17. The molecule has 0 bridgehead atoms. The predicted molar refractivity (Wildman–Crippen MR) is 69.2 cm³/mol. The number of nitrogens with zero attached hydrogens (tertiary/aromatic N) is 2. The van der Waals surface area contributed by atoms with Gasteiger partial charge in [0, 0.05) is 12.6 Å². The number of aromatic nitrogens is 2. The highest BCUT2D eigenvalue weighted by atomic mass is 35.5. The Morgan fingerprint density at radius 2 is 2.06 bits per heavy atom. The van der Waals surface area contributed by atoms with E-state index in [4.69, 9.17) is 11.6 Å². The zero-order valence-corrected chi connectivity index (χ0v) is 11.1. The molecule has 0 radical (unpaired) electrons. The molecule has 1 aromatic heterocycles. The monoisotopic (exact) mass is 253 g/mol. The van der Waals surface area contributed by atoms with Crippen molar-refractivity contribution < 1.29 is 0 Å². The average molecular weight is 254 g/mol. The SMILES string of the molecule is Cc1c(Cl)cnn1CCNC(C1CC1)C1CC1. The Hall–Kier alpha value is -0.540. The first kappa shape index (κ1) is 11.5. The maximum Gasteiger partial charge on any atom is 0.0814 e. The molecule has 1 N–H and O–H groups in total. The molecule has 3 nitrogen and oxygen atoms in total. The van der Waals surface area contributed by atoms with Crippen LogP contribution in [-0.4, -0.2) is 22.4 Å². The van der Waals surface area contributed by atoms with E-state index in [1.807, 2.05) is 11.6 Å². The molecule has 94 valence electrons. The summed E-state index contributed by atoms with van der Waals surface area (Å²) in [5.41, 5.74) is 1.07. The first-order valence-corrected chi connectivity index (χ1v) is 7.05. The third-order valence-corrected chi connectivity index (χ3v) is 4.38. The summed E-state index contributed by atoms with van der Waals surface area (Å²) in [4.78, 5) is 0. The van der Waals surface area contributed by atoms with Crippen molar-refractivity contribution in [1.82, 2.24) is 15.1 Å². The predicted octanol–water partition coefficient (Wildman–Crippen LogP) is 2.62. The van der Waals surface area contributed by atoms with Gasteiger partial charge in [0.2, 0.25) is 0 Å². The largest absolute Gasteiger partial charge is 0.312 e. The van der Waals surface area contributed by atoms with Crippen LogP contribution in [0.2, 0.25) is 5.02 Å². The van der Waals surface area contributed by atoms with Crippen molar-refractivity contribution in [3.63, 3.8) is 0 Å². The third kappa shape index (κ3) is 2.66. The number of rotatable bonds is 6. The van der Waals surface area contributed by atoms with Crippen LogP contribution in [0.3, 0.4) is 0 Å². The van der Waals surface area contributed by atoms with Crippen molar-refractivity contribution in [1.29, 1.82) is 0 Å². The van der Waals surface area contributed by atoms with Crippen molar-refractivity contribution in [2.75, 3.05) is 6.54 Å². The highest BCUT2D eigenvalue weighted by Gasteiger charge is 2.40. The molecule has 0 aliphatic heterocycles. The smallest absolute Gasteiger partial charge is 0.0814 e. The zero-order valence-electron chi connectivity index (χ0n) is 10.3. The van der Waals surface area contributed by atoms with Crippen LogP contribution in [-0.2, 0) is 6.54 Å². The molecule has 2 fully saturated rings. The van der Waals surface area contributed by atoms with E-state index in [2.05, 4.69) is 10.4 Å². The Labute approximate surface area is 108 Å². The lowest BCUT2D eigenvalue weighted by Crippen LogP contribution is -2.35. The topological polar surface area (TPSA) is 29.9 Å². The van der Waals surface area contributed by atoms with Gasteiger partial charge in [0.1, 0.15) is 0 Å². The first-order chi connectivity index (χ1) is 8.25. The Kier molecular flexibility index (Phi) is 3.14. The van der Waals surface area contributed by atoms with Crippen LogP contribution in [0.25, 0.3) is 0 Å². The van der Waals surface area contributed by atoms with E-state index >= 15 is 0 Å². The fraction of sp³-hybridized carbons (Fsp3) is 0.769. The zero-order chi connectivity index (χ0) is 11.8. The lowest BCUT2D eigenvalue weighted by molar-refractivity contribution is 0.399. The molecule has 4 heteroatoms. The van der Waals surface area contributed by atoms with E-state index in [-0.39, 0.29) is 0 Å². The van der Waals surface area contributed by atoms with Crippen molar-refractivity contribution in [3.8, 4) is 0 Å². The molecule has 0 unspecified atom stereocenters. The first-order valence-electron chi connectivity index (χ1n) is 6.67. The third-order valence-electron chi connectivity index (χ3n) is 4.01. The second kappa shape index (κ2) is 4.62. The van der Waals surface area contributed by atoms with Crippen LogP contribution < -0.4 is 5.32 Å². The molecule has 1 aromatic rings. The molecule has 0 atom stereocenters. The maximum atomic E-state index is 5.99. The number of hydrogen-bond acceptors (Lipinski definition) is 2. The second-order valence-electron chi connectivity index (χ2n) is 5.46. The van der Waals surface area contributed by atoms with E-state index in [9.17, 15) is 0 Å². The Morgan fingerprint density at radius 3 is 2.53 bits per heavy atom. The quantitative estimate of drug-likeness (QED) is 0.845. The van der Waals surface area contributed by atoms with Gasteiger partial charge in [0.05, 0.1) is 23.5 Å². The minimum atomic E-state index is 0.769. The summed E-state index contributed by atoms with van der Waals surface area (Å²) in [6, 6.07) is 0.779. The van der Waals surface area contributed by atoms with Crippen molar-refractivity contribution >= 4 is 11.6 Å². The molecule has 3 rings (SSSR count). The molecular formula is C13H20ClN3. The summed E-state index contributed by atoms with van der Waals surface area (Å²) in [6.45, 7) is 3.96. The highest BCUT2D eigenvalue weighted by molar-refractivity contribution is 6.31. The second-order valence-corrected chi connectivity index (χ2v) is 5.86. The van der Waals surface area contributed by atoms with E-state index in [0.29, 0.717) is 0 Å². The van der Waals surface area contributed by atoms with Crippen LogP contribution in [0.4, 0.5) is 0 Å². The maximum absolute atomic E-state index is 5.99. The summed E-state index contributed by atoms with van der Waals surface area (Å²) in [7, 11) is 0. The van der Waals surface area contributed by atoms with Gasteiger partial charge in [-0.05, 0) is 44.4 Å². The Balaban J connectivity index is 1.49. The minimum Gasteiger partial charge on any atom is -0.312 e. The molecule has 2 saturated carbocycles. The molecule has 17 heavy (non-hydrogen) atoms. The van der Waals surface area contributed by atoms with Crippen LogP contribution in [0, 0.1) is 18.8 Å². The van der Waals surface area contributed by atoms with E-state index in [1.54, 1.807) is 6.20 Å². The van der Waals surface area contributed by atoms with Crippen LogP contribution in [0.5, 0.6) is 0 Å². The van der Waals surface area contributed by atoms with Crippen LogP contribution in [0.1, 0.15) is 31.4 Å². The molecule has 0 amide bonds. The van der Waals surface area contributed by atoms with Gasteiger partial charge in [-0.2, -0.15) is 5.10 Å². The minimum absolute atomic E-state index is 0.769. The van der Waals surface area contributed by atoms with Gasteiger partial charge >= 0.3 is 0 Å². The summed E-state index contributed by atoms with van der Waals surface area (Å²) in [6.07, 6.45) is 7.46. The summed E-state index contributed by atoms with van der Waals surface area (Å²) < 4.78 is 1.99. The Morgan fingerprint density at radius 1 is 1.41 bits per heavy atom. The fourth-order valence-corrected chi connectivity index (χ4v) is 2.76. The fourth-order valence-electron chi connectivity index (χ4n) is 2.62. The van der Waals surface area contributed by atoms with Crippen molar-refractivity contribution in [3.05, 3.63) is 16.9 Å². The molecule has 1 heterocycles. The Bertz CT molecular complexity index is 381. The van der Waals surface area contributed by atoms with Crippen molar-refractivity contribution in [2.45, 2.75) is 45.2 Å². The van der Waals surface area contributed by atoms with E-state index < -0.39 is 0 Å². The van der Waals surface area contributed by atoms with Gasteiger partial charge in [-0.3, -0.25) is 4.68 Å². The number of halogens is 1. The molecule has 0 aromatic carbocycles. The average Bonchev–Trinajstić information content (AvgIpc) is 3.20. The molecule has 0 spiro atoms. The normalized spacial score (nSPS) is 20.2. The number of nitrogens with one attached hydrogen (secondary N) is 1. The summed E-state index contributed by atoms with van der Waals surface area (Å²) in [5.74, 6) is 1.93. The van der Waals surface area contributed by atoms with Gasteiger partial charge < -0.3 is 5.32 Å². The van der Waals surface area contributed by atoms with E-state index in [0.717, 1.165) is 41.7 Å². The lowest BCUT2D eigenvalue weighted by atomic mass is 10.1. The molecule has 2 aliphatic carbocycles. The highest BCUT2D eigenvalue weighted by Crippen LogP contribution is 2.44. The molecule has 2 aliphatic rings. The van der Waals surface area contributed by atoms with E-state index in [1.165, 1.54) is 25.7 Å². The van der Waals surface area contributed by atoms with Gasteiger partial charge in [-0.15, -0.1) is 0 Å². The van der Waals surface area contributed by atoms with Crippen LogP contribution >= 0.6 is 11.6 Å². The van der Waals surface area contributed by atoms with Gasteiger partial charge in [-0.25, -0.2) is 0 Å². The van der Waals surface area contributed by atoms with Gasteiger partial charge in [0.15, 0.2) is 0 Å². The number of hydrogen-bond donors (Lipinski definition) is 1. The van der Waals surface area contributed by atoms with Crippen LogP contribution in [0.15, 0.2) is 6.20 Å². The standard InChI is InChI=1S/C13H20ClN3/c1-9-12(14)8-16-17(9)7-6-15-13(10-2-3-10)11-4-5-11/h8,10-11,13,15H,2-7H2,1H3. The molecule has 0 saturated heterocycles. The summed E-state index contributed by atoms with van der Waals surface area (Å²) in [5, 5.41) is 8.77. The summed E-state index contributed by atoms with van der Waals surface area (Å²) >= 11 is 5.99.